The molecule has 0 amide bonds. The van der Waals surface area contributed by atoms with E-state index in [4.69, 9.17) is 34.8 Å². The summed E-state index contributed by atoms with van der Waals surface area (Å²) in [6.07, 6.45) is 1.49. The van der Waals surface area contributed by atoms with Gasteiger partial charge in [0.25, 0.3) is 0 Å². The van der Waals surface area contributed by atoms with Gasteiger partial charge in [0.05, 0.1) is 19.3 Å². The van der Waals surface area contributed by atoms with Crippen molar-refractivity contribution in [1.82, 2.24) is 15.0 Å². The monoisotopic (exact) mass is 399 g/mol. The van der Waals surface area contributed by atoms with Crippen LogP contribution in [0.15, 0.2) is 12.3 Å². The standard InChI is InChI=1S/C10H5Cl3IN3/c1-4-7(14)9(13)17-10(16-4)8-6(12)2-5(11)3-15-8/h2-3H,1H3. The Morgan fingerprint density at radius 1 is 1.18 bits per heavy atom. The van der Waals surface area contributed by atoms with Crippen LogP contribution in [0.4, 0.5) is 0 Å². The highest BCUT2D eigenvalue weighted by molar-refractivity contribution is 14.1. The summed E-state index contributed by atoms with van der Waals surface area (Å²) in [6, 6.07) is 1.59. The number of nitrogens with zero attached hydrogens (tertiary/aromatic N) is 3. The first-order valence-corrected chi connectivity index (χ1v) is 6.71. The topological polar surface area (TPSA) is 38.7 Å². The van der Waals surface area contributed by atoms with Gasteiger partial charge < -0.3 is 0 Å². The van der Waals surface area contributed by atoms with Crippen molar-refractivity contribution < 1.29 is 0 Å². The first-order chi connectivity index (χ1) is 7.99. The van der Waals surface area contributed by atoms with E-state index in [9.17, 15) is 0 Å². The fourth-order valence-corrected chi connectivity index (χ4v) is 2.13. The minimum atomic E-state index is 0.390. The second-order valence-corrected chi connectivity index (χ2v) is 5.50. The molecule has 0 unspecified atom stereocenters. The summed E-state index contributed by atoms with van der Waals surface area (Å²) in [6.45, 7) is 1.85. The zero-order valence-electron chi connectivity index (χ0n) is 8.51. The summed E-state index contributed by atoms with van der Waals surface area (Å²) in [5, 5.41) is 1.25. The van der Waals surface area contributed by atoms with E-state index in [1.165, 1.54) is 6.20 Å². The first kappa shape index (κ1) is 13.3. The minimum Gasteiger partial charge on any atom is -0.250 e. The average molecular weight is 400 g/mol. The lowest BCUT2D eigenvalue weighted by atomic mass is 10.3. The van der Waals surface area contributed by atoms with E-state index in [0.717, 1.165) is 9.26 Å². The third-order valence-corrected chi connectivity index (χ3v) is 4.37. The lowest BCUT2D eigenvalue weighted by Crippen LogP contribution is -1.98. The summed E-state index contributed by atoms with van der Waals surface area (Å²) < 4.78 is 0.818. The lowest BCUT2D eigenvalue weighted by molar-refractivity contribution is 1.07. The van der Waals surface area contributed by atoms with E-state index in [1.807, 2.05) is 6.92 Å². The second kappa shape index (κ2) is 5.22. The summed E-state index contributed by atoms with van der Waals surface area (Å²) >= 11 is 19.9. The number of aromatic nitrogens is 3. The molecule has 0 aromatic carbocycles. The summed E-state index contributed by atoms with van der Waals surface area (Å²) in [7, 11) is 0. The molecule has 0 N–H and O–H groups in total. The number of hydrogen-bond acceptors (Lipinski definition) is 3. The molecule has 0 bridgehead atoms. The van der Waals surface area contributed by atoms with Crippen LogP contribution in [0.5, 0.6) is 0 Å². The Labute approximate surface area is 127 Å². The molecular formula is C10H5Cl3IN3. The Morgan fingerprint density at radius 3 is 2.47 bits per heavy atom. The maximum atomic E-state index is 6.04. The molecule has 88 valence electrons. The molecule has 0 saturated carbocycles. The number of halogens is 4. The molecule has 7 heteroatoms. The van der Waals surface area contributed by atoms with Gasteiger partial charge >= 0.3 is 0 Å². The quantitative estimate of drug-likeness (QED) is 0.526. The minimum absolute atomic E-state index is 0.390. The van der Waals surface area contributed by atoms with Gasteiger partial charge in [-0.3, -0.25) is 0 Å². The van der Waals surface area contributed by atoms with Crippen LogP contribution in [0.2, 0.25) is 15.2 Å². The van der Waals surface area contributed by atoms with Crippen molar-refractivity contribution in [2.45, 2.75) is 6.92 Å². The summed E-state index contributed by atoms with van der Waals surface area (Å²) in [4.78, 5) is 12.6. The highest BCUT2D eigenvalue weighted by Gasteiger charge is 2.13. The van der Waals surface area contributed by atoms with E-state index < -0.39 is 0 Å². The van der Waals surface area contributed by atoms with E-state index in [-0.39, 0.29) is 0 Å². The Bertz CT molecular complexity index is 566. The summed E-state index contributed by atoms with van der Waals surface area (Å²) in [5.74, 6) is 0.398. The van der Waals surface area contributed by atoms with Crippen LogP contribution in [-0.2, 0) is 0 Å². The van der Waals surface area contributed by atoms with Gasteiger partial charge in [0.15, 0.2) is 5.82 Å². The highest BCUT2D eigenvalue weighted by atomic mass is 127. The predicted molar refractivity (Wildman–Crippen MR) is 77.7 cm³/mol. The van der Waals surface area contributed by atoms with Gasteiger partial charge in [0, 0.05) is 6.20 Å². The fraction of sp³-hybridized carbons (Fsp3) is 0.100. The van der Waals surface area contributed by atoms with Crippen LogP contribution in [-0.4, -0.2) is 15.0 Å². The highest BCUT2D eigenvalue weighted by Crippen LogP contribution is 2.28. The molecule has 0 aliphatic rings. The normalized spacial score (nSPS) is 10.6. The van der Waals surface area contributed by atoms with Crippen molar-refractivity contribution in [1.29, 1.82) is 0 Å². The lowest BCUT2D eigenvalue weighted by Gasteiger charge is -2.05. The smallest absolute Gasteiger partial charge is 0.181 e. The predicted octanol–water partition coefficient (Wildman–Crippen LogP) is 4.41. The molecule has 2 heterocycles. The summed E-state index contributed by atoms with van der Waals surface area (Å²) in [5.41, 5.74) is 1.26. The van der Waals surface area contributed by atoms with Crippen LogP contribution in [0.1, 0.15) is 5.69 Å². The molecule has 0 aliphatic heterocycles. The van der Waals surface area contributed by atoms with E-state index in [2.05, 4.69) is 37.5 Å². The van der Waals surface area contributed by atoms with Crippen molar-refractivity contribution in [2.75, 3.05) is 0 Å². The molecule has 0 spiro atoms. The molecule has 2 aromatic heterocycles. The van der Waals surface area contributed by atoms with Crippen molar-refractivity contribution in [2.24, 2.45) is 0 Å². The van der Waals surface area contributed by atoms with Crippen LogP contribution in [0.25, 0.3) is 11.5 Å². The van der Waals surface area contributed by atoms with Gasteiger partial charge in [-0.15, -0.1) is 0 Å². The third kappa shape index (κ3) is 2.81. The largest absolute Gasteiger partial charge is 0.250 e. The Morgan fingerprint density at radius 2 is 1.88 bits per heavy atom. The number of aryl methyl sites for hydroxylation is 1. The number of pyridine rings is 1. The first-order valence-electron chi connectivity index (χ1n) is 4.50. The van der Waals surface area contributed by atoms with Crippen molar-refractivity contribution in [3.8, 4) is 11.5 Å². The van der Waals surface area contributed by atoms with E-state index >= 15 is 0 Å². The van der Waals surface area contributed by atoms with Crippen LogP contribution >= 0.6 is 57.4 Å². The van der Waals surface area contributed by atoms with Crippen LogP contribution < -0.4 is 0 Å². The van der Waals surface area contributed by atoms with Gasteiger partial charge in [-0.05, 0) is 35.6 Å². The molecular weight excluding hydrogens is 395 g/mol. The molecule has 2 aromatic rings. The van der Waals surface area contributed by atoms with E-state index in [1.54, 1.807) is 6.07 Å². The zero-order valence-corrected chi connectivity index (χ0v) is 12.9. The Hall–Kier alpha value is -0.170. The number of hydrogen-bond donors (Lipinski definition) is 0. The SMILES string of the molecule is Cc1nc(-c2ncc(Cl)cc2Cl)nc(Cl)c1I. The third-order valence-electron chi connectivity index (χ3n) is 2.00. The second-order valence-electron chi connectivity index (χ2n) is 3.22. The van der Waals surface area contributed by atoms with Gasteiger partial charge in [0.1, 0.15) is 10.8 Å². The van der Waals surface area contributed by atoms with Crippen LogP contribution in [0.3, 0.4) is 0 Å². The average Bonchev–Trinajstić information content (AvgIpc) is 2.25. The van der Waals surface area contributed by atoms with Crippen molar-refractivity contribution in [3.63, 3.8) is 0 Å². The molecule has 2 rings (SSSR count). The van der Waals surface area contributed by atoms with E-state index in [0.29, 0.717) is 26.7 Å². The Kier molecular flexibility index (Phi) is 4.07. The van der Waals surface area contributed by atoms with Gasteiger partial charge in [0.2, 0.25) is 0 Å². The molecule has 3 nitrogen and oxygen atoms in total. The maximum Gasteiger partial charge on any atom is 0.181 e. The van der Waals surface area contributed by atoms with Crippen molar-refractivity contribution in [3.05, 3.63) is 36.7 Å². The molecule has 17 heavy (non-hydrogen) atoms. The van der Waals surface area contributed by atoms with Gasteiger partial charge in [-0.25, -0.2) is 15.0 Å². The number of rotatable bonds is 1. The Balaban J connectivity index is 2.61. The maximum absolute atomic E-state index is 6.04. The molecule has 0 saturated heterocycles. The van der Waals surface area contributed by atoms with Gasteiger partial charge in [-0.2, -0.15) is 0 Å². The molecule has 0 aliphatic carbocycles. The molecule has 0 atom stereocenters. The fourth-order valence-electron chi connectivity index (χ4n) is 1.21. The molecule has 0 fully saturated rings. The molecule has 0 radical (unpaired) electrons. The zero-order chi connectivity index (χ0) is 12.6. The van der Waals surface area contributed by atoms with Gasteiger partial charge in [-0.1, -0.05) is 34.8 Å². The van der Waals surface area contributed by atoms with Crippen molar-refractivity contribution >= 4 is 57.4 Å². The van der Waals surface area contributed by atoms with Crippen LogP contribution in [0, 0.1) is 10.5 Å².